The molecule has 0 bridgehead atoms. The van der Waals surface area contributed by atoms with Crippen LogP contribution in [0.15, 0.2) is 0 Å². The molecule has 1 fully saturated rings. The van der Waals surface area contributed by atoms with Crippen LogP contribution in [0.1, 0.15) is 26.2 Å². The third-order valence-electron chi connectivity index (χ3n) is 2.68. The Hall–Kier alpha value is -0.780. The monoisotopic (exact) mass is 239 g/mol. The lowest BCUT2D eigenvalue weighted by molar-refractivity contribution is -0.196. The summed E-state index contributed by atoms with van der Waals surface area (Å²) >= 11 is 0. The first-order valence-corrected chi connectivity index (χ1v) is 5.39. The van der Waals surface area contributed by atoms with E-state index in [0.29, 0.717) is 6.54 Å². The molecule has 0 saturated heterocycles. The maximum atomic E-state index is 12.4. The van der Waals surface area contributed by atoms with E-state index >= 15 is 0 Å². The molecule has 1 aliphatic rings. The van der Waals surface area contributed by atoms with E-state index in [2.05, 4.69) is 0 Å². The minimum atomic E-state index is -4.66. The maximum Gasteiger partial charge on any atom is 0.403 e. The largest absolute Gasteiger partial charge is 0.481 e. The highest BCUT2D eigenvalue weighted by Crippen LogP contribution is 2.32. The Morgan fingerprint density at radius 2 is 2.06 bits per heavy atom. The van der Waals surface area contributed by atoms with Crippen molar-refractivity contribution in [3.05, 3.63) is 0 Å². The summed E-state index contributed by atoms with van der Waals surface area (Å²) in [6.45, 7) is 1.99. The average Bonchev–Trinajstić information content (AvgIpc) is 2.92. The van der Waals surface area contributed by atoms with Gasteiger partial charge in [0.05, 0.1) is 0 Å². The van der Waals surface area contributed by atoms with Gasteiger partial charge in [0.2, 0.25) is 0 Å². The summed E-state index contributed by atoms with van der Waals surface area (Å²) in [5.41, 5.74) is 0. The van der Waals surface area contributed by atoms with Crippen molar-refractivity contribution < 1.29 is 23.1 Å². The number of hydrogen-bond acceptors (Lipinski definition) is 2. The first kappa shape index (κ1) is 13.3. The molecule has 0 aliphatic heterocycles. The van der Waals surface area contributed by atoms with Gasteiger partial charge in [-0.3, -0.25) is 9.69 Å². The summed E-state index contributed by atoms with van der Waals surface area (Å²) in [7, 11) is 0. The standard InChI is InChI=1S/C10H16F3NO2/c1-2-5-14(7-3-4-7)6-8(9(15)16)10(11,12)13/h7-8H,2-6H2,1H3,(H,15,16). The molecule has 0 radical (unpaired) electrons. The van der Waals surface area contributed by atoms with Gasteiger partial charge in [0.15, 0.2) is 5.92 Å². The molecule has 94 valence electrons. The van der Waals surface area contributed by atoms with Crippen LogP contribution in [-0.2, 0) is 4.79 Å². The van der Waals surface area contributed by atoms with Crippen LogP contribution in [0.2, 0.25) is 0 Å². The molecule has 1 unspecified atom stereocenters. The van der Waals surface area contributed by atoms with E-state index in [-0.39, 0.29) is 6.04 Å². The lowest BCUT2D eigenvalue weighted by Crippen LogP contribution is -2.42. The van der Waals surface area contributed by atoms with Crippen molar-refractivity contribution in [2.24, 2.45) is 5.92 Å². The van der Waals surface area contributed by atoms with Gasteiger partial charge in [0.1, 0.15) is 0 Å². The normalized spacial score (nSPS) is 18.8. The number of aliphatic carboxylic acids is 1. The Balaban J connectivity index is 2.61. The lowest BCUT2D eigenvalue weighted by Gasteiger charge is -2.26. The Bertz CT molecular complexity index is 251. The third kappa shape index (κ3) is 3.66. The first-order chi connectivity index (χ1) is 7.36. The minimum Gasteiger partial charge on any atom is -0.481 e. The number of carboxylic acids is 1. The molecule has 1 rings (SSSR count). The van der Waals surface area contributed by atoms with Crippen molar-refractivity contribution in [3.63, 3.8) is 0 Å². The van der Waals surface area contributed by atoms with E-state index in [4.69, 9.17) is 5.11 Å². The molecule has 1 saturated carbocycles. The van der Waals surface area contributed by atoms with E-state index in [1.165, 1.54) is 0 Å². The Labute approximate surface area is 92.2 Å². The number of hydrogen-bond donors (Lipinski definition) is 1. The van der Waals surface area contributed by atoms with Crippen LogP contribution in [0.4, 0.5) is 13.2 Å². The second-order valence-electron chi connectivity index (χ2n) is 4.16. The predicted octanol–water partition coefficient (Wildman–Crippen LogP) is 2.12. The molecule has 0 aromatic rings. The van der Waals surface area contributed by atoms with Gasteiger partial charge < -0.3 is 5.11 Å². The van der Waals surface area contributed by atoms with Gasteiger partial charge in [0, 0.05) is 12.6 Å². The molecular weight excluding hydrogens is 223 g/mol. The van der Waals surface area contributed by atoms with Crippen molar-refractivity contribution in [3.8, 4) is 0 Å². The second kappa shape index (κ2) is 5.03. The highest BCUT2D eigenvalue weighted by atomic mass is 19.4. The van der Waals surface area contributed by atoms with E-state index in [0.717, 1.165) is 19.3 Å². The number of nitrogens with zero attached hydrogens (tertiary/aromatic N) is 1. The zero-order valence-corrected chi connectivity index (χ0v) is 9.13. The number of alkyl halides is 3. The van der Waals surface area contributed by atoms with Crippen LogP contribution in [0.25, 0.3) is 0 Å². The summed E-state index contributed by atoms with van der Waals surface area (Å²) in [4.78, 5) is 12.2. The third-order valence-corrected chi connectivity index (χ3v) is 2.68. The fourth-order valence-electron chi connectivity index (χ4n) is 1.71. The second-order valence-corrected chi connectivity index (χ2v) is 4.16. The fraction of sp³-hybridized carbons (Fsp3) is 0.900. The summed E-state index contributed by atoms with van der Waals surface area (Å²) in [6.07, 6.45) is -2.16. The topological polar surface area (TPSA) is 40.5 Å². The summed E-state index contributed by atoms with van der Waals surface area (Å²) in [5, 5.41) is 8.58. The van der Waals surface area contributed by atoms with Crippen molar-refractivity contribution >= 4 is 5.97 Å². The van der Waals surface area contributed by atoms with Gasteiger partial charge in [-0.1, -0.05) is 6.92 Å². The van der Waals surface area contributed by atoms with E-state index < -0.39 is 24.6 Å². The molecule has 3 nitrogen and oxygen atoms in total. The van der Waals surface area contributed by atoms with Gasteiger partial charge in [0.25, 0.3) is 0 Å². The van der Waals surface area contributed by atoms with Crippen molar-refractivity contribution in [1.82, 2.24) is 4.90 Å². The van der Waals surface area contributed by atoms with Gasteiger partial charge in [-0.05, 0) is 25.8 Å². The van der Waals surface area contributed by atoms with Gasteiger partial charge in [-0.15, -0.1) is 0 Å². The molecule has 0 amide bonds. The molecule has 0 aromatic heterocycles. The number of carboxylic acid groups (broad SMARTS) is 1. The molecule has 0 aromatic carbocycles. The Kier molecular flexibility index (Phi) is 4.18. The fourth-order valence-corrected chi connectivity index (χ4v) is 1.71. The summed E-state index contributed by atoms with van der Waals surface area (Å²) in [6, 6.07) is 0.157. The van der Waals surface area contributed by atoms with Crippen LogP contribution < -0.4 is 0 Å². The lowest BCUT2D eigenvalue weighted by atomic mass is 10.1. The molecule has 1 atom stereocenters. The van der Waals surface area contributed by atoms with Crippen LogP contribution in [0.3, 0.4) is 0 Å². The molecule has 1 N–H and O–H groups in total. The van der Waals surface area contributed by atoms with Crippen molar-refractivity contribution in [2.45, 2.75) is 38.4 Å². The Morgan fingerprint density at radius 3 is 2.38 bits per heavy atom. The zero-order valence-electron chi connectivity index (χ0n) is 9.13. The van der Waals surface area contributed by atoms with Gasteiger partial charge in [-0.25, -0.2) is 0 Å². The van der Waals surface area contributed by atoms with Crippen LogP contribution in [-0.4, -0.2) is 41.3 Å². The zero-order chi connectivity index (χ0) is 12.3. The molecule has 16 heavy (non-hydrogen) atoms. The molecule has 0 spiro atoms. The van der Waals surface area contributed by atoms with Gasteiger partial charge >= 0.3 is 12.1 Å². The molecule has 1 aliphatic carbocycles. The van der Waals surface area contributed by atoms with Crippen LogP contribution >= 0.6 is 0 Å². The average molecular weight is 239 g/mol. The van der Waals surface area contributed by atoms with Crippen LogP contribution in [0, 0.1) is 5.92 Å². The van der Waals surface area contributed by atoms with Crippen LogP contribution in [0.5, 0.6) is 0 Å². The smallest absolute Gasteiger partial charge is 0.403 e. The summed E-state index contributed by atoms with van der Waals surface area (Å²) < 4.78 is 37.3. The SMILES string of the molecule is CCCN(CC(C(=O)O)C(F)(F)F)C1CC1. The highest BCUT2D eigenvalue weighted by molar-refractivity contribution is 5.71. The van der Waals surface area contributed by atoms with Crippen molar-refractivity contribution in [2.75, 3.05) is 13.1 Å². The number of halogens is 3. The van der Waals surface area contributed by atoms with Crippen molar-refractivity contribution in [1.29, 1.82) is 0 Å². The molecular formula is C10H16F3NO2. The molecule has 6 heteroatoms. The van der Waals surface area contributed by atoms with Gasteiger partial charge in [-0.2, -0.15) is 13.2 Å². The first-order valence-electron chi connectivity index (χ1n) is 5.39. The molecule has 0 heterocycles. The van der Waals surface area contributed by atoms with E-state index in [1.807, 2.05) is 6.92 Å². The minimum absolute atomic E-state index is 0.157. The summed E-state index contributed by atoms with van der Waals surface area (Å²) in [5.74, 6) is -4.05. The van der Waals surface area contributed by atoms with E-state index in [1.54, 1.807) is 4.90 Å². The quantitative estimate of drug-likeness (QED) is 0.771. The number of rotatable bonds is 6. The Morgan fingerprint density at radius 1 is 1.50 bits per heavy atom. The maximum absolute atomic E-state index is 12.4. The highest BCUT2D eigenvalue weighted by Gasteiger charge is 2.47. The predicted molar refractivity (Wildman–Crippen MR) is 52.1 cm³/mol. The number of carbonyl (C=O) groups is 1. The van der Waals surface area contributed by atoms with E-state index in [9.17, 15) is 18.0 Å².